The van der Waals surface area contributed by atoms with Gasteiger partial charge in [0.15, 0.2) is 5.58 Å². The summed E-state index contributed by atoms with van der Waals surface area (Å²) in [5.74, 6) is 0.978. The summed E-state index contributed by atoms with van der Waals surface area (Å²) >= 11 is 6.53. The van der Waals surface area contributed by atoms with Crippen molar-refractivity contribution in [3.05, 3.63) is 70.9 Å². The molecule has 0 aliphatic carbocycles. The summed E-state index contributed by atoms with van der Waals surface area (Å²) in [5, 5.41) is 10.2. The lowest BCUT2D eigenvalue weighted by Crippen LogP contribution is -2.26. The Hall–Kier alpha value is -3.86. The number of amides is 1. The zero-order valence-corrected chi connectivity index (χ0v) is 20.7. The van der Waals surface area contributed by atoms with Crippen molar-refractivity contribution in [2.45, 2.75) is 18.9 Å². The zero-order chi connectivity index (χ0) is 25.2. The number of carbonyl (C=O) groups excluding carboxylic acids is 1. The second-order valence-corrected chi connectivity index (χ2v) is 9.24. The minimum absolute atomic E-state index is 0.0427. The first kappa shape index (κ1) is 23.9. The van der Waals surface area contributed by atoms with E-state index in [2.05, 4.69) is 11.1 Å². The van der Waals surface area contributed by atoms with Gasteiger partial charge < -0.3 is 18.8 Å². The van der Waals surface area contributed by atoms with E-state index in [4.69, 9.17) is 25.5 Å². The largest absolute Gasteiger partial charge is 0.489 e. The van der Waals surface area contributed by atoms with Gasteiger partial charge in [0, 0.05) is 55.9 Å². The third-order valence-corrected chi connectivity index (χ3v) is 6.49. The fraction of sp³-hybridized carbons (Fsp3) is 0.250. The van der Waals surface area contributed by atoms with Crippen molar-refractivity contribution in [3.8, 4) is 34.3 Å². The molecule has 0 atom stereocenters. The summed E-state index contributed by atoms with van der Waals surface area (Å²) in [4.78, 5) is 18.2. The van der Waals surface area contributed by atoms with E-state index < -0.39 is 0 Å². The number of hydrogen-bond acceptors (Lipinski definition) is 6. The van der Waals surface area contributed by atoms with Crippen molar-refractivity contribution in [3.63, 3.8) is 0 Å². The quantitative estimate of drug-likeness (QED) is 0.336. The molecule has 0 saturated carbocycles. The van der Waals surface area contributed by atoms with Crippen LogP contribution in [0, 0.1) is 11.3 Å². The maximum absolute atomic E-state index is 12.3. The molecule has 3 heterocycles. The second-order valence-electron chi connectivity index (χ2n) is 8.83. The lowest BCUT2D eigenvalue weighted by molar-refractivity contribution is 0.0254. The molecule has 0 N–H and O–H groups in total. The van der Waals surface area contributed by atoms with E-state index in [1.165, 1.54) is 4.90 Å². The Morgan fingerprint density at radius 1 is 1.11 bits per heavy atom. The van der Waals surface area contributed by atoms with Crippen LogP contribution in [0.3, 0.4) is 0 Å². The Morgan fingerprint density at radius 2 is 1.92 bits per heavy atom. The van der Waals surface area contributed by atoms with Gasteiger partial charge in [0.2, 0.25) is 0 Å². The van der Waals surface area contributed by atoms with Gasteiger partial charge in [-0.15, -0.1) is 0 Å². The first-order valence-corrected chi connectivity index (χ1v) is 12.0. The molecule has 8 heteroatoms. The molecule has 2 aromatic carbocycles. The predicted molar refractivity (Wildman–Crippen MR) is 137 cm³/mol. The molecule has 7 nitrogen and oxygen atoms in total. The van der Waals surface area contributed by atoms with E-state index in [1.807, 2.05) is 24.3 Å². The smallest absolute Gasteiger partial charge is 0.253 e. The molecule has 0 unspecified atom stereocenters. The van der Waals surface area contributed by atoms with Crippen LogP contribution in [0.15, 0.2) is 59.1 Å². The number of nitrogens with zero attached hydrogens (tertiary/aromatic N) is 3. The molecule has 0 radical (unpaired) electrons. The van der Waals surface area contributed by atoms with Gasteiger partial charge in [-0.25, -0.2) is 0 Å². The molecule has 1 fully saturated rings. The highest BCUT2D eigenvalue weighted by Gasteiger charge is 2.19. The second kappa shape index (κ2) is 10.0. The van der Waals surface area contributed by atoms with Crippen LogP contribution in [-0.4, -0.2) is 49.2 Å². The van der Waals surface area contributed by atoms with Gasteiger partial charge in [0.1, 0.15) is 29.2 Å². The number of benzene rings is 2. The van der Waals surface area contributed by atoms with Gasteiger partial charge in [-0.3, -0.25) is 9.78 Å². The summed E-state index contributed by atoms with van der Waals surface area (Å²) in [6.07, 6.45) is 3.36. The summed E-state index contributed by atoms with van der Waals surface area (Å²) in [6.45, 7) is 1.33. The van der Waals surface area contributed by atoms with Crippen molar-refractivity contribution in [1.82, 2.24) is 9.88 Å². The molecule has 4 aromatic rings. The van der Waals surface area contributed by atoms with Gasteiger partial charge >= 0.3 is 0 Å². The van der Waals surface area contributed by atoms with E-state index >= 15 is 0 Å². The average molecular weight is 502 g/mol. The maximum atomic E-state index is 12.3. The zero-order valence-electron chi connectivity index (χ0n) is 20.0. The third-order valence-electron chi connectivity index (χ3n) is 6.17. The van der Waals surface area contributed by atoms with E-state index in [9.17, 15) is 10.1 Å². The number of rotatable bonds is 5. The van der Waals surface area contributed by atoms with Crippen molar-refractivity contribution >= 4 is 28.6 Å². The molecule has 1 aliphatic rings. The molecular formula is C28H24ClN3O4. The fourth-order valence-electron chi connectivity index (χ4n) is 4.27. The van der Waals surface area contributed by atoms with Crippen molar-refractivity contribution in [2.75, 3.05) is 27.3 Å². The first-order chi connectivity index (χ1) is 17.4. The number of pyridine rings is 1. The lowest BCUT2D eigenvalue weighted by Gasteiger charge is -2.23. The monoisotopic (exact) mass is 501 g/mol. The summed E-state index contributed by atoms with van der Waals surface area (Å²) in [7, 11) is 3.38. The van der Waals surface area contributed by atoms with Gasteiger partial charge in [-0.05, 0) is 42.0 Å². The molecular weight excluding hydrogens is 478 g/mol. The van der Waals surface area contributed by atoms with Crippen LogP contribution >= 0.6 is 11.6 Å². The highest BCUT2D eigenvalue weighted by molar-refractivity contribution is 6.33. The minimum Gasteiger partial charge on any atom is -0.489 e. The number of hydrogen-bond donors (Lipinski definition) is 0. The standard InChI is InChI=1S/C28H24ClN3O4/c1-32(2)28(33)18-3-5-22(23(29)14-18)26-15-24-27(36-26)21(7-10-31-24)17-4-6-25(19(13-17)16-30)35-20-8-11-34-12-9-20/h3-7,10,13-15,20H,8-9,11-12H2,1-2H3. The molecule has 2 aromatic heterocycles. The molecule has 0 bridgehead atoms. The number of halogens is 1. The Bertz CT molecular complexity index is 1480. The highest BCUT2D eigenvalue weighted by atomic mass is 35.5. The Morgan fingerprint density at radius 3 is 2.64 bits per heavy atom. The number of nitriles is 1. The summed E-state index contributed by atoms with van der Waals surface area (Å²) in [6, 6.07) is 16.6. The highest BCUT2D eigenvalue weighted by Crippen LogP contribution is 2.37. The third kappa shape index (κ3) is 4.66. The Kier molecular flexibility index (Phi) is 6.64. The molecule has 36 heavy (non-hydrogen) atoms. The summed E-state index contributed by atoms with van der Waals surface area (Å²) < 4.78 is 17.7. The number of fused-ring (bicyclic) bond motifs is 1. The van der Waals surface area contributed by atoms with Crippen molar-refractivity contribution in [1.29, 1.82) is 5.26 Å². The summed E-state index contributed by atoms with van der Waals surface area (Å²) in [5.41, 5.74) is 4.48. The number of aromatic nitrogens is 1. The molecule has 1 saturated heterocycles. The van der Waals surface area contributed by atoms with E-state index in [1.54, 1.807) is 44.6 Å². The molecule has 0 spiro atoms. The molecule has 182 valence electrons. The predicted octanol–water partition coefficient (Wildman–Crippen LogP) is 5.95. The number of ether oxygens (including phenoxy) is 2. The number of furan rings is 1. The first-order valence-electron chi connectivity index (χ1n) is 11.6. The van der Waals surface area contributed by atoms with Crippen LogP contribution < -0.4 is 4.74 Å². The van der Waals surface area contributed by atoms with Crippen LogP contribution in [0.1, 0.15) is 28.8 Å². The van der Waals surface area contributed by atoms with Crippen molar-refractivity contribution in [2.24, 2.45) is 0 Å². The Balaban J connectivity index is 1.49. The van der Waals surface area contributed by atoms with Crippen LogP contribution in [0.25, 0.3) is 33.6 Å². The van der Waals surface area contributed by atoms with Crippen molar-refractivity contribution < 1.29 is 18.7 Å². The van der Waals surface area contributed by atoms with Gasteiger partial charge in [0.25, 0.3) is 5.91 Å². The molecule has 1 amide bonds. The molecule has 1 aliphatic heterocycles. The maximum Gasteiger partial charge on any atom is 0.253 e. The topological polar surface area (TPSA) is 88.6 Å². The van der Waals surface area contributed by atoms with Gasteiger partial charge in [0.05, 0.1) is 23.8 Å². The molecule has 5 rings (SSSR count). The van der Waals surface area contributed by atoms with E-state index in [0.717, 1.165) is 24.0 Å². The van der Waals surface area contributed by atoms with Crippen LogP contribution in [-0.2, 0) is 4.74 Å². The SMILES string of the molecule is CN(C)C(=O)c1ccc(-c2cc3nccc(-c4ccc(OC5CCOCC5)c(C#N)c4)c3o2)c(Cl)c1. The fourth-order valence-corrected chi connectivity index (χ4v) is 4.54. The minimum atomic E-state index is -0.130. The van der Waals surface area contributed by atoms with Gasteiger partial charge in [-0.1, -0.05) is 17.7 Å². The normalized spacial score (nSPS) is 13.9. The lowest BCUT2D eigenvalue weighted by atomic mass is 10.0. The van der Waals surface area contributed by atoms with Gasteiger partial charge in [-0.2, -0.15) is 5.26 Å². The van der Waals surface area contributed by atoms with Crippen LogP contribution in [0.2, 0.25) is 5.02 Å². The van der Waals surface area contributed by atoms with E-state index in [-0.39, 0.29) is 12.0 Å². The average Bonchev–Trinajstić information content (AvgIpc) is 3.33. The van der Waals surface area contributed by atoms with E-state index in [0.29, 0.717) is 57.5 Å². The van der Waals surface area contributed by atoms with Crippen LogP contribution in [0.4, 0.5) is 0 Å². The Labute approximate surface area is 213 Å². The van der Waals surface area contributed by atoms with Crippen LogP contribution in [0.5, 0.6) is 5.75 Å². The number of carbonyl (C=O) groups is 1.